The van der Waals surface area contributed by atoms with Crippen LogP contribution in [0.2, 0.25) is 0 Å². The van der Waals surface area contributed by atoms with Crippen molar-refractivity contribution >= 4 is 6.29 Å². The summed E-state index contributed by atoms with van der Waals surface area (Å²) in [6.07, 6.45) is -2.28. The largest absolute Gasteiger partial charge is 0.417 e. The summed E-state index contributed by atoms with van der Waals surface area (Å²) in [6, 6.07) is 4.05. The highest BCUT2D eigenvalue weighted by Gasteiger charge is 2.34. The van der Waals surface area contributed by atoms with Crippen molar-refractivity contribution in [3.8, 4) is 11.1 Å². The lowest BCUT2D eigenvalue weighted by Crippen LogP contribution is -2.08. The van der Waals surface area contributed by atoms with Crippen LogP contribution in [0.15, 0.2) is 36.7 Å². The van der Waals surface area contributed by atoms with E-state index in [2.05, 4.69) is 4.98 Å². The lowest BCUT2D eigenvalue weighted by atomic mass is 9.98. The summed E-state index contributed by atoms with van der Waals surface area (Å²) in [5, 5.41) is 0. The van der Waals surface area contributed by atoms with Gasteiger partial charge in [0.05, 0.1) is 11.8 Å². The molecule has 1 aromatic heterocycles. The smallest absolute Gasteiger partial charge is 0.298 e. The van der Waals surface area contributed by atoms with Crippen LogP contribution in [0, 0.1) is 5.82 Å². The first-order valence-electron chi connectivity index (χ1n) is 5.19. The second-order valence-corrected chi connectivity index (χ2v) is 3.81. The predicted molar refractivity (Wildman–Crippen MR) is 60.0 cm³/mol. The second-order valence-electron chi connectivity index (χ2n) is 3.81. The molecule has 2 rings (SSSR count). The molecule has 0 saturated heterocycles. The monoisotopic (exact) mass is 269 g/mol. The molecular weight excluding hydrogens is 262 g/mol. The lowest BCUT2D eigenvalue weighted by molar-refractivity contribution is -0.137. The van der Waals surface area contributed by atoms with Gasteiger partial charge < -0.3 is 0 Å². The topological polar surface area (TPSA) is 30.0 Å². The van der Waals surface area contributed by atoms with Gasteiger partial charge in [0.15, 0.2) is 0 Å². The van der Waals surface area contributed by atoms with Crippen molar-refractivity contribution < 1.29 is 22.4 Å². The molecular formula is C13H7F4NO. The normalized spacial score (nSPS) is 11.4. The first-order valence-corrected chi connectivity index (χ1v) is 5.19. The van der Waals surface area contributed by atoms with Crippen molar-refractivity contribution in [1.82, 2.24) is 4.98 Å². The molecule has 98 valence electrons. The number of pyridine rings is 1. The zero-order chi connectivity index (χ0) is 14.0. The average Bonchev–Trinajstić information content (AvgIpc) is 2.37. The van der Waals surface area contributed by atoms with Gasteiger partial charge in [-0.3, -0.25) is 9.78 Å². The lowest BCUT2D eigenvalue weighted by Gasteiger charge is -2.13. The summed E-state index contributed by atoms with van der Waals surface area (Å²) >= 11 is 0. The number of rotatable bonds is 2. The summed E-state index contributed by atoms with van der Waals surface area (Å²) < 4.78 is 51.8. The minimum atomic E-state index is -4.64. The van der Waals surface area contributed by atoms with Gasteiger partial charge in [-0.1, -0.05) is 12.1 Å². The Morgan fingerprint density at radius 2 is 1.84 bits per heavy atom. The van der Waals surface area contributed by atoms with Gasteiger partial charge in [0.2, 0.25) is 0 Å². The fourth-order valence-electron chi connectivity index (χ4n) is 1.68. The summed E-state index contributed by atoms with van der Waals surface area (Å²) in [5.74, 6) is -0.731. The fraction of sp³-hybridized carbons (Fsp3) is 0.0769. The van der Waals surface area contributed by atoms with Crippen molar-refractivity contribution in [2.24, 2.45) is 0 Å². The zero-order valence-electron chi connectivity index (χ0n) is 9.41. The number of hydrogen-bond donors (Lipinski definition) is 0. The third kappa shape index (κ3) is 2.78. The predicted octanol–water partition coefficient (Wildman–Crippen LogP) is 3.72. The van der Waals surface area contributed by atoms with Crippen LogP contribution in [-0.4, -0.2) is 11.3 Å². The highest BCUT2D eigenvalue weighted by atomic mass is 19.4. The van der Waals surface area contributed by atoms with Crippen LogP contribution in [-0.2, 0) is 6.18 Å². The molecule has 1 heterocycles. The summed E-state index contributed by atoms with van der Waals surface area (Å²) in [5.41, 5.74) is -1.31. The fourth-order valence-corrected chi connectivity index (χ4v) is 1.68. The number of carbonyl (C=O) groups excluding carboxylic acids is 1. The highest BCUT2D eigenvalue weighted by molar-refractivity contribution is 5.78. The Hall–Kier alpha value is -2.24. The molecule has 0 aliphatic carbocycles. The van der Waals surface area contributed by atoms with E-state index in [4.69, 9.17) is 0 Å². The van der Waals surface area contributed by atoms with Gasteiger partial charge in [-0.25, -0.2) is 4.39 Å². The maximum absolute atomic E-state index is 13.0. The van der Waals surface area contributed by atoms with Gasteiger partial charge in [0.25, 0.3) is 0 Å². The number of alkyl halides is 3. The molecule has 2 nitrogen and oxygen atoms in total. The van der Waals surface area contributed by atoms with Crippen molar-refractivity contribution in [1.29, 1.82) is 0 Å². The second kappa shape index (κ2) is 4.79. The van der Waals surface area contributed by atoms with Gasteiger partial charge in [-0.2, -0.15) is 13.2 Å². The third-order valence-electron chi connectivity index (χ3n) is 2.50. The van der Waals surface area contributed by atoms with Crippen molar-refractivity contribution in [3.63, 3.8) is 0 Å². The molecule has 19 heavy (non-hydrogen) atoms. The summed E-state index contributed by atoms with van der Waals surface area (Å²) in [7, 11) is 0. The molecule has 6 heteroatoms. The van der Waals surface area contributed by atoms with Crippen molar-refractivity contribution in [2.75, 3.05) is 0 Å². The summed E-state index contributed by atoms with van der Waals surface area (Å²) in [6.45, 7) is 0. The molecule has 1 aromatic carbocycles. The Labute approximate surface area is 105 Å². The van der Waals surface area contributed by atoms with Gasteiger partial charge in [0, 0.05) is 17.3 Å². The SMILES string of the molecule is O=Cc1ccc(-c2cncc(F)c2)c(C(F)(F)F)c1. The van der Waals surface area contributed by atoms with Gasteiger partial charge in [-0.15, -0.1) is 0 Å². The molecule has 0 radical (unpaired) electrons. The number of benzene rings is 1. The van der Waals surface area contributed by atoms with Gasteiger partial charge >= 0.3 is 6.18 Å². The van der Waals surface area contributed by atoms with Crippen molar-refractivity contribution in [3.05, 3.63) is 53.6 Å². The molecule has 0 bridgehead atoms. The number of aromatic nitrogens is 1. The average molecular weight is 269 g/mol. The quantitative estimate of drug-likeness (QED) is 0.614. The zero-order valence-corrected chi connectivity index (χ0v) is 9.41. The maximum Gasteiger partial charge on any atom is 0.417 e. The van der Waals surface area contributed by atoms with E-state index in [1.165, 1.54) is 6.07 Å². The van der Waals surface area contributed by atoms with Crippen LogP contribution in [0.25, 0.3) is 11.1 Å². The Bertz CT molecular complexity index is 622. The molecule has 0 N–H and O–H groups in total. The van der Waals surface area contributed by atoms with E-state index < -0.39 is 17.6 Å². The number of aldehydes is 1. The Kier molecular flexibility index (Phi) is 3.33. The molecule has 0 saturated carbocycles. The molecule has 0 atom stereocenters. The van der Waals surface area contributed by atoms with E-state index >= 15 is 0 Å². The molecule has 0 unspecified atom stereocenters. The van der Waals surface area contributed by atoms with E-state index in [0.29, 0.717) is 6.29 Å². The van der Waals surface area contributed by atoms with Crippen molar-refractivity contribution in [2.45, 2.75) is 6.18 Å². The minimum Gasteiger partial charge on any atom is -0.298 e. The molecule has 0 aliphatic rings. The Balaban J connectivity index is 2.66. The number of nitrogens with zero attached hydrogens (tertiary/aromatic N) is 1. The maximum atomic E-state index is 13.0. The first-order chi connectivity index (χ1) is 8.91. The van der Waals surface area contributed by atoms with Crippen LogP contribution in [0.1, 0.15) is 15.9 Å². The van der Waals surface area contributed by atoms with Gasteiger partial charge in [0.1, 0.15) is 12.1 Å². The Morgan fingerprint density at radius 3 is 2.42 bits per heavy atom. The van der Waals surface area contributed by atoms with Crippen LogP contribution in [0.4, 0.5) is 17.6 Å². The molecule has 0 fully saturated rings. The van der Waals surface area contributed by atoms with E-state index in [0.717, 1.165) is 30.6 Å². The minimum absolute atomic E-state index is 0.00442. The number of carbonyl (C=O) groups is 1. The van der Waals surface area contributed by atoms with Crippen LogP contribution in [0.3, 0.4) is 0 Å². The molecule has 0 aliphatic heterocycles. The van der Waals surface area contributed by atoms with E-state index in [9.17, 15) is 22.4 Å². The first kappa shape index (κ1) is 13.2. The van der Waals surface area contributed by atoms with E-state index in [-0.39, 0.29) is 16.7 Å². The highest BCUT2D eigenvalue weighted by Crippen LogP contribution is 2.37. The van der Waals surface area contributed by atoms with E-state index in [1.807, 2.05) is 0 Å². The molecule has 0 spiro atoms. The van der Waals surface area contributed by atoms with E-state index in [1.54, 1.807) is 0 Å². The third-order valence-corrected chi connectivity index (χ3v) is 2.50. The summed E-state index contributed by atoms with van der Waals surface area (Å²) in [4.78, 5) is 14.1. The van der Waals surface area contributed by atoms with Crippen LogP contribution in [0.5, 0.6) is 0 Å². The van der Waals surface area contributed by atoms with Crippen LogP contribution < -0.4 is 0 Å². The number of hydrogen-bond acceptors (Lipinski definition) is 2. The molecule has 0 amide bonds. The Morgan fingerprint density at radius 1 is 1.11 bits per heavy atom. The van der Waals surface area contributed by atoms with Gasteiger partial charge in [-0.05, 0) is 17.7 Å². The van der Waals surface area contributed by atoms with Crippen LogP contribution >= 0.6 is 0 Å². The standard InChI is InChI=1S/C13H7F4NO/c14-10-4-9(5-18-6-10)11-2-1-8(7-19)3-12(11)13(15,16)17/h1-7H. The molecule has 2 aromatic rings. The number of halogens is 4.